The van der Waals surface area contributed by atoms with Gasteiger partial charge in [0, 0.05) is 0 Å². The Bertz CT molecular complexity index is 585. The number of rotatable bonds is 14. The minimum Gasteiger partial charge on any atom is -0.494 e. The molecular formula is C30H50O2. The lowest BCUT2D eigenvalue weighted by Crippen LogP contribution is -2.20. The summed E-state index contributed by atoms with van der Waals surface area (Å²) in [6, 6.07) is 8.34. The Morgan fingerprint density at radius 3 is 1.91 bits per heavy atom. The molecule has 1 aromatic rings. The van der Waals surface area contributed by atoms with Crippen molar-refractivity contribution >= 4 is 0 Å². The topological polar surface area (TPSA) is 18.5 Å². The van der Waals surface area contributed by atoms with Gasteiger partial charge in [-0.1, -0.05) is 90.9 Å². The lowest BCUT2D eigenvalue weighted by Gasteiger charge is -2.31. The summed E-state index contributed by atoms with van der Waals surface area (Å²) in [5.41, 5.74) is 0. The summed E-state index contributed by atoms with van der Waals surface area (Å²) in [6.07, 6.45) is 22.2. The molecule has 3 rings (SSSR count). The van der Waals surface area contributed by atoms with Crippen LogP contribution in [0.25, 0.3) is 0 Å². The minimum absolute atomic E-state index is 0.740. The molecule has 1 aromatic carbocycles. The molecule has 0 spiro atoms. The predicted octanol–water partition coefficient (Wildman–Crippen LogP) is 9.22. The van der Waals surface area contributed by atoms with Gasteiger partial charge in [0.15, 0.2) is 0 Å². The van der Waals surface area contributed by atoms with Gasteiger partial charge in [0.1, 0.15) is 11.5 Å². The van der Waals surface area contributed by atoms with E-state index in [1.54, 1.807) is 0 Å². The molecular weight excluding hydrogens is 392 g/mol. The average molecular weight is 443 g/mol. The van der Waals surface area contributed by atoms with Gasteiger partial charge >= 0.3 is 0 Å². The van der Waals surface area contributed by atoms with Gasteiger partial charge in [-0.15, -0.1) is 0 Å². The molecule has 182 valence electrons. The minimum atomic E-state index is 0.740. The molecule has 2 fully saturated rings. The van der Waals surface area contributed by atoms with E-state index in [4.69, 9.17) is 9.47 Å². The van der Waals surface area contributed by atoms with Crippen molar-refractivity contribution in [1.29, 1.82) is 0 Å². The first-order chi connectivity index (χ1) is 15.8. The zero-order valence-electron chi connectivity index (χ0n) is 21.2. The summed E-state index contributed by atoms with van der Waals surface area (Å²) in [7, 11) is 0. The number of hydrogen-bond acceptors (Lipinski definition) is 2. The number of hydrogen-bond donors (Lipinski definition) is 0. The zero-order chi connectivity index (χ0) is 22.4. The van der Waals surface area contributed by atoms with Crippen molar-refractivity contribution in [3.63, 3.8) is 0 Å². The monoisotopic (exact) mass is 442 g/mol. The molecule has 0 aromatic heterocycles. The van der Waals surface area contributed by atoms with Gasteiger partial charge < -0.3 is 9.47 Å². The highest BCUT2D eigenvalue weighted by Crippen LogP contribution is 2.36. The quantitative estimate of drug-likeness (QED) is 0.267. The summed E-state index contributed by atoms with van der Waals surface area (Å²) >= 11 is 0. The summed E-state index contributed by atoms with van der Waals surface area (Å²) in [5.74, 6) is 5.61. The Balaban J connectivity index is 1.27. The largest absolute Gasteiger partial charge is 0.494 e. The van der Waals surface area contributed by atoms with Crippen LogP contribution in [0.5, 0.6) is 11.5 Å². The molecule has 32 heavy (non-hydrogen) atoms. The molecule has 2 heteroatoms. The maximum Gasteiger partial charge on any atom is 0.119 e. The van der Waals surface area contributed by atoms with E-state index in [9.17, 15) is 0 Å². The summed E-state index contributed by atoms with van der Waals surface area (Å²) in [6.45, 7) is 6.36. The van der Waals surface area contributed by atoms with Gasteiger partial charge in [-0.3, -0.25) is 0 Å². The van der Waals surface area contributed by atoms with Crippen LogP contribution in [0, 0.1) is 23.7 Å². The van der Waals surface area contributed by atoms with E-state index in [0.717, 1.165) is 48.4 Å². The Labute approximate surface area is 198 Å². The number of ether oxygens (including phenoxy) is 2. The predicted molar refractivity (Wildman–Crippen MR) is 137 cm³/mol. The molecule has 2 aliphatic rings. The first-order valence-electron chi connectivity index (χ1n) is 14.1. The molecule has 2 saturated carbocycles. The molecule has 0 heterocycles. The molecule has 0 N–H and O–H groups in total. The van der Waals surface area contributed by atoms with Gasteiger partial charge in [0.05, 0.1) is 13.2 Å². The average Bonchev–Trinajstić information content (AvgIpc) is 2.83. The van der Waals surface area contributed by atoms with E-state index >= 15 is 0 Å². The third-order valence-electron chi connectivity index (χ3n) is 8.21. The van der Waals surface area contributed by atoms with Crippen LogP contribution in [0.1, 0.15) is 117 Å². The Hall–Kier alpha value is -1.18. The van der Waals surface area contributed by atoms with E-state index in [1.165, 1.54) is 103 Å². The standard InChI is InChI=1S/C30H50O2/c1-3-5-6-11-25-15-17-26(18-16-25)24-32-30-21-19-29(20-22-30)31-23-9-14-28-13-8-7-12-27(28)10-4-2/h19-22,25-28H,3-18,23-24H2,1-2H3. The maximum absolute atomic E-state index is 6.12. The smallest absolute Gasteiger partial charge is 0.119 e. The van der Waals surface area contributed by atoms with Crippen LogP contribution < -0.4 is 9.47 Å². The molecule has 0 bridgehead atoms. The van der Waals surface area contributed by atoms with E-state index in [1.807, 2.05) is 0 Å². The fraction of sp³-hybridized carbons (Fsp3) is 0.800. The molecule has 2 aliphatic carbocycles. The van der Waals surface area contributed by atoms with E-state index in [-0.39, 0.29) is 0 Å². The van der Waals surface area contributed by atoms with E-state index in [2.05, 4.69) is 38.1 Å². The second kappa shape index (κ2) is 14.9. The van der Waals surface area contributed by atoms with Crippen molar-refractivity contribution in [3.8, 4) is 11.5 Å². The molecule has 2 unspecified atom stereocenters. The molecule has 0 aliphatic heterocycles. The van der Waals surface area contributed by atoms with Crippen LogP contribution in [-0.2, 0) is 0 Å². The van der Waals surface area contributed by atoms with Gasteiger partial charge in [0.2, 0.25) is 0 Å². The third-order valence-corrected chi connectivity index (χ3v) is 8.21. The van der Waals surface area contributed by atoms with Gasteiger partial charge in [-0.2, -0.15) is 0 Å². The Morgan fingerprint density at radius 2 is 1.25 bits per heavy atom. The Kier molecular flexibility index (Phi) is 11.8. The summed E-state index contributed by atoms with van der Waals surface area (Å²) in [4.78, 5) is 0. The summed E-state index contributed by atoms with van der Waals surface area (Å²) < 4.78 is 12.2. The fourth-order valence-electron chi connectivity index (χ4n) is 6.17. The SMILES string of the molecule is CCCCCC1CCC(COc2ccc(OCCCC3CCCCC3CCC)cc2)CC1. The van der Waals surface area contributed by atoms with Crippen molar-refractivity contribution in [2.75, 3.05) is 13.2 Å². The number of unbranched alkanes of at least 4 members (excludes halogenated alkanes) is 2. The highest BCUT2D eigenvalue weighted by atomic mass is 16.5. The van der Waals surface area contributed by atoms with Gasteiger partial charge in [0.25, 0.3) is 0 Å². The number of benzene rings is 1. The second-order valence-corrected chi connectivity index (χ2v) is 10.7. The highest BCUT2D eigenvalue weighted by molar-refractivity contribution is 5.31. The molecule has 0 amide bonds. The van der Waals surface area contributed by atoms with E-state index < -0.39 is 0 Å². The van der Waals surface area contributed by atoms with Crippen molar-refractivity contribution in [1.82, 2.24) is 0 Å². The Morgan fingerprint density at radius 1 is 0.625 bits per heavy atom. The van der Waals surface area contributed by atoms with Crippen LogP contribution in [-0.4, -0.2) is 13.2 Å². The molecule has 0 radical (unpaired) electrons. The highest BCUT2D eigenvalue weighted by Gasteiger charge is 2.24. The molecule has 0 saturated heterocycles. The van der Waals surface area contributed by atoms with Gasteiger partial charge in [-0.05, 0) is 73.6 Å². The second-order valence-electron chi connectivity index (χ2n) is 10.7. The van der Waals surface area contributed by atoms with Crippen LogP contribution in [0.2, 0.25) is 0 Å². The van der Waals surface area contributed by atoms with Gasteiger partial charge in [-0.25, -0.2) is 0 Å². The maximum atomic E-state index is 6.12. The van der Waals surface area contributed by atoms with Crippen LogP contribution in [0.15, 0.2) is 24.3 Å². The molecule has 2 nitrogen and oxygen atoms in total. The first kappa shape index (κ1) is 25.4. The lowest BCUT2D eigenvalue weighted by molar-refractivity contribution is 0.177. The summed E-state index contributed by atoms with van der Waals surface area (Å²) in [5, 5.41) is 0. The molecule has 2 atom stereocenters. The first-order valence-corrected chi connectivity index (χ1v) is 14.1. The van der Waals surface area contributed by atoms with Crippen molar-refractivity contribution < 1.29 is 9.47 Å². The van der Waals surface area contributed by atoms with Crippen LogP contribution in [0.4, 0.5) is 0 Å². The fourth-order valence-corrected chi connectivity index (χ4v) is 6.17. The van der Waals surface area contributed by atoms with E-state index in [0.29, 0.717) is 0 Å². The van der Waals surface area contributed by atoms with Crippen molar-refractivity contribution in [3.05, 3.63) is 24.3 Å². The van der Waals surface area contributed by atoms with Crippen LogP contribution >= 0.6 is 0 Å². The normalized spacial score (nSPS) is 26.1. The van der Waals surface area contributed by atoms with Crippen LogP contribution in [0.3, 0.4) is 0 Å². The van der Waals surface area contributed by atoms with Crippen molar-refractivity contribution in [2.24, 2.45) is 23.7 Å². The lowest BCUT2D eigenvalue weighted by atomic mass is 9.75. The zero-order valence-corrected chi connectivity index (χ0v) is 21.2. The van der Waals surface area contributed by atoms with Crippen molar-refractivity contribution in [2.45, 2.75) is 117 Å². The third kappa shape index (κ3) is 8.99.